The van der Waals surface area contributed by atoms with Crippen LogP contribution < -0.4 is 10.0 Å². The van der Waals surface area contributed by atoms with Crippen molar-refractivity contribution in [3.05, 3.63) is 96.2 Å². The molecular formula is C28H31N3O5S. The Morgan fingerprint density at radius 1 is 1.00 bits per heavy atom. The van der Waals surface area contributed by atoms with Gasteiger partial charge in [0, 0.05) is 41.4 Å². The van der Waals surface area contributed by atoms with Crippen molar-refractivity contribution in [3.8, 4) is 0 Å². The normalized spacial score (nSPS) is 12.9. The first kappa shape index (κ1) is 26.4. The van der Waals surface area contributed by atoms with E-state index in [1.165, 1.54) is 12.1 Å². The zero-order valence-electron chi connectivity index (χ0n) is 20.8. The fourth-order valence-corrected chi connectivity index (χ4v) is 5.20. The van der Waals surface area contributed by atoms with Crippen molar-refractivity contribution >= 4 is 32.6 Å². The Labute approximate surface area is 216 Å². The molecule has 4 aromatic rings. The number of rotatable bonds is 11. The van der Waals surface area contributed by atoms with E-state index < -0.39 is 22.1 Å². The van der Waals surface area contributed by atoms with Gasteiger partial charge in [0.1, 0.15) is 0 Å². The third-order valence-electron chi connectivity index (χ3n) is 6.35. The van der Waals surface area contributed by atoms with E-state index in [-0.39, 0.29) is 22.5 Å². The molecule has 1 aromatic heterocycles. The summed E-state index contributed by atoms with van der Waals surface area (Å²) in [5.74, 6) is -0.947. The first-order chi connectivity index (χ1) is 17.5. The molecular weight excluding hydrogens is 490 g/mol. The molecule has 0 aliphatic heterocycles. The highest BCUT2D eigenvalue weighted by molar-refractivity contribution is 7.92. The van der Waals surface area contributed by atoms with Gasteiger partial charge in [-0.25, -0.2) is 13.2 Å². The van der Waals surface area contributed by atoms with Crippen molar-refractivity contribution in [1.82, 2.24) is 9.88 Å². The molecule has 194 valence electrons. The number of benzene rings is 3. The number of anilines is 1. The Kier molecular flexibility index (Phi) is 7.68. The van der Waals surface area contributed by atoms with Gasteiger partial charge in [-0.15, -0.1) is 0 Å². The minimum atomic E-state index is -3.72. The molecule has 9 heteroatoms. The van der Waals surface area contributed by atoms with E-state index in [1.807, 2.05) is 18.3 Å². The number of aryl methyl sites for hydroxylation is 1. The molecule has 0 amide bonds. The lowest BCUT2D eigenvalue weighted by atomic mass is 9.99. The van der Waals surface area contributed by atoms with Crippen LogP contribution in [0, 0.1) is 0 Å². The second kappa shape index (κ2) is 10.8. The van der Waals surface area contributed by atoms with Crippen LogP contribution in [-0.2, 0) is 16.6 Å². The SMILES string of the molecule is CC(C)(CCn1ccc2cc(C(=O)O)ccc21)NCC(O)c1cccc(NS(=O)(=O)c2ccccc2)c1. The maximum absolute atomic E-state index is 12.6. The van der Waals surface area contributed by atoms with Gasteiger partial charge in [0.15, 0.2) is 0 Å². The van der Waals surface area contributed by atoms with Gasteiger partial charge in [0.25, 0.3) is 10.0 Å². The molecule has 0 radical (unpaired) electrons. The lowest BCUT2D eigenvalue weighted by Crippen LogP contribution is -2.42. The Bertz CT molecular complexity index is 1500. The third-order valence-corrected chi connectivity index (χ3v) is 7.74. The molecule has 1 unspecified atom stereocenters. The summed E-state index contributed by atoms with van der Waals surface area (Å²) in [6.07, 6.45) is 1.88. The van der Waals surface area contributed by atoms with Gasteiger partial charge in [0.05, 0.1) is 16.6 Å². The first-order valence-corrected chi connectivity index (χ1v) is 13.5. The van der Waals surface area contributed by atoms with E-state index in [4.69, 9.17) is 0 Å². The predicted octanol–water partition coefficient (Wildman–Crippen LogP) is 4.63. The highest BCUT2D eigenvalue weighted by atomic mass is 32.2. The summed E-state index contributed by atoms with van der Waals surface area (Å²) in [6, 6.07) is 21.9. The number of fused-ring (bicyclic) bond motifs is 1. The first-order valence-electron chi connectivity index (χ1n) is 12.0. The zero-order chi connectivity index (χ0) is 26.6. The summed E-state index contributed by atoms with van der Waals surface area (Å²) in [4.78, 5) is 11.4. The van der Waals surface area contributed by atoms with Crippen molar-refractivity contribution in [2.24, 2.45) is 0 Å². The van der Waals surface area contributed by atoms with E-state index in [1.54, 1.807) is 54.6 Å². The summed E-state index contributed by atoms with van der Waals surface area (Å²) in [5, 5.41) is 24.3. The summed E-state index contributed by atoms with van der Waals surface area (Å²) < 4.78 is 29.9. The average molecular weight is 522 g/mol. The number of hydrogen-bond acceptors (Lipinski definition) is 5. The molecule has 0 fully saturated rings. The second-order valence-electron chi connectivity index (χ2n) is 9.66. The predicted molar refractivity (Wildman–Crippen MR) is 144 cm³/mol. The Morgan fingerprint density at radius 3 is 2.49 bits per heavy atom. The van der Waals surface area contributed by atoms with E-state index in [0.29, 0.717) is 17.8 Å². The summed E-state index contributed by atoms with van der Waals surface area (Å²) in [5.41, 5.74) is 1.91. The summed E-state index contributed by atoms with van der Waals surface area (Å²) in [6.45, 7) is 5.11. The third kappa shape index (κ3) is 6.56. The van der Waals surface area contributed by atoms with E-state index >= 15 is 0 Å². The maximum Gasteiger partial charge on any atom is 0.335 e. The molecule has 0 saturated heterocycles. The number of aromatic carboxylic acids is 1. The summed E-state index contributed by atoms with van der Waals surface area (Å²) >= 11 is 0. The van der Waals surface area contributed by atoms with Crippen molar-refractivity contribution in [3.63, 3.8) is 0 Å². The van der Waals surface area contributed by atoms with Crippen molar-refractivity contribution in [2.45, 2.75) is 43.4 Å². The standard InChI is InChI=1S/C28H31N3O5S/c1-28(2,14-16-31-15-13-20-17-22(27(33)34)11-12-25(20)31)29-19-26(32)21-7-6-8-23(18-21)30-37(35,36)24-9-4-3-5-10-24/h3-13,15,17-18,26,29-30,32H,14,16,19H2,1-2H3,(H,33,34). The highest BCUT2D eigenvalue weighted by Crippen LogP contribution is 2.23. The molecule has 0 saturated carbocycles. The van der Waals surface area contributed by atoms with E-state index in [0.717, 1.165) is 17.3 Å². The molecule has 0 bridgehead atoms. The quantitative estimate of drug-likeness (QED) is 0.228. The largest absolute Gasteiger partial charge is 0.478 e. The van der Waals surface area contributed by atoms with Crippen molar-refractivity contribution in [2.75, 3.05) is 11.3 Å². The second-order valence-corrected chi connectivity index (χ2v) is 11.3. The number of aliphatic hydroxyl groups excluding tert-OH is 1. The zero-order valence-corrected chi connectivity index (χ0v) is 21.6. The lowest BCUT2D eigenvalue weighted by molar-refractivity contribution is 0.0697. The number of β-amino-alcohol motifs (C(OH)–C–C–N with tert-alkyl or cyclic N) is 1. The van der Waals surface area contributed by atoms with Crippen LogP contribution in [0.5, 0.6) is 0 Å². The fraction of sp³-hybridized carbons (Fsp3) is 0.250. The highest BCUT2D eigenvalue weighted by Gasteiger charge is 2.20. The van der Waals surface area contributed by atoms with Gasteiger partial charge in [-0.3, -0.25) is 4.72 Å². The minimum Gasteiger partial charge on any atom is -0.478 e. The minimum absolute atomic E-state index is 0.169. The van der Waals surface area contributed by atoms with Crippen LogP contribution in [0.15, 0.2) is 90.0 Å². The van der Waals surface area contributed by atoms with Crippen molar-refractivity contribution < 1.29 is 23.4 Å². The van der Waals surface area contributed by atoms with E-state index in [9.17, 15) is 23.4 Å². The van der Waals surface area contributed by atoms with Gasteiger partial charge in [-0.1, -0.05) is 30.3 Å². The lowest BCUT2D eigenvalue weighted by Gasteiger charge is -2.28. The fourth-order valence-electron chi connectivity index (χ4n) is 4.13. The Morgan fingerprint density at radius 2 is 1.76 bits per heavy atom. The number of aromatic nitrogens is 1. The molecule has 1 heterocycles. The number of carboxylic acid groups (broad SMARTS) is 1. The molecule has 37 heavy (non-hydrogen) atoms. The number of carboxylic acids is 1. The molecule has 0 aliphatic carbocycles. The van der Waals surface area contributed by atoms with Crippen LogP contribution in [0.25, 0.3) is 10.9 Å². The molecule has 4 rings (SSSR count). The van der Waals surface area contributed by atoms with Gasteiger partial charge in [0.2, 0.25) is 0 Å². The maximum atomic E-state index is 12.6. The Balaban J connectivity index is 1.35. The molecule has 0 aliphatic rings. The number of hydrogen-bond donors (Lipinski definition) is 4. The smallest absolute Gasteiger partial charge is 0.335 e. The molecule has 0 spiro atoms. The van der Waals surface area contributed by atoms with Crippen LogP contribution in [0.4, 0.5) is 5.69 Å². The number of nitrogens with one attached hydrogen (secondary N) is 2. The van der Waals surface area contributed by atoms with Crippen LogP contribution >= 0.6 is 0 Å². The topological polar surface area (TPSA) is 121 Å². The van der Waals surface area contributed by atoms with Crippen LogP contribution in [0.3, 0.4) is 0 Å². The van der Waals surface area contributed by atoms with Crippen LogP contribution in [0.2, 0.25) is 0 Å². The molecule has 1 atom stereocenters. The van der Waals surface area contributed by atoms with Gasteiger partial charge < -0.3 is 20.1 Å². The van der Waals surface area contributed by atoms with Gasteiger partial charge in [-0.05, 0) is 74.4 Å². The summed E-state index contributed by atoms with van der Waals surface area (Å²) in [7, 11) is -3.72. The number of carbonyl (C=O) groups is 1. The molecule has 4 N–H and O–H groups in total. The molecule has 3 aromatic carbocycles. The van der Waals surface area contributed by atoms with Crippen LogP contribution in [0.1, 0.15) is 42.3 Å². The van der Waals surface area contributed by atoms with Crippen LogP contribution in [-0.4, -0.2) is 41.3 Å². The Hall–Kier alpha value is -3.66. The average Bonchev–Trinajstić information content (AvgIpc) is 3.29. The molecule has 8 nitrogen and oxygen atoms in total. The number of nitrogens with zero attached hydrogens (tertiary/aromatic N) is 1. The van der Waals surface area contributed by atoms with Crippen molar-refractivity contribution in [1.29, 1.82) is 0 Å². The van der Waals surface area contributed by atoms with Gasteiger partial charge in [-0.2, -0.15) is 0 Å². The number of sulfonamides is 1. The monoisotopic (exact) mass is 521 g/mol. The number of aliphatic hydroxyl groups is 1. The van der Waals surface area contributed by atoms with Gasteiger partial charge >= 0.3 is 5.97 Å². The van der Waals surface area contributed by atoms with E-state index in [2.05, 4.69) is 28.5 Å².